The van der Waals surface area contributed by atoms with Crippen molar-refractivity contribution in [2.45, 2.75) is 24.5 Å². The van der Waals surface area contributed by atoms with Crippen LogP contribution in [0.1, 0.15) is 24.2 Å². The molecule has 15 heavy (non-hydrogen) atoms. The Balaban J connectivity index is 2.71. The first-order valence-electron chi connectivity index (χ1n) is 4.95. The first-order valence-corrected chi connectivity index (χ1v) is 8.90. The average Bonchev–Trinajstić information content (AvgIpc) is 2.29. The van der Waals surface area contributed by atoms with Crippen molar-refractivity contribution in [1.82, 2.24) is 2.93 Å². The van der Waals surface area contributed by atoms with Crippen molar-refractivity contribution in [2.24, 2.45) is 0 Å². The fraction of sp³-hybridized carbons (Fsp3) is 0.364. The van der Waals surface area contributed by atoms with Crippen LogP contribution in [0.4, 0.5) is 0 Å². The number of rotatable bonds is 5. The number of benzene rings is 1. The van der Waals surface area contributed by atoms with Gasteiger partial charge in [-0.15, -0.1) is 0 Å². The van der Waals surface area contributed by atoms with Crippen molar-refractivity contribution in [1.29, 1.82) is 0 Å². The van der Waals surface area contributed by atoms with Gasteiger partial charge in [-0.25, -0.2) is 0 Å². The molecule has 0 aliphatic heterocycles. The van der Waals surface area contributed by atoms with Crippen LogP contribution in [0.2, 0.25) is 10.6 Å². The third-order valence-corrected chi connectivity index (χ3v) is 6.74. The van der Waals surface area contributed by atoms with Gasteiger partial charge >= 0.3 is 104 Å². The Hall–Kier alpha value is -0.271. The zero-order chi connectivity index (χ0) is 11.1. The van der Waals surface area contributed by atoms with Crippen LogP contribution in [0.5, 0.6) is 0 Å². The van der Waals surface area contributed by atoms with E-state index in [2.05, 4.69) is 16.8 Å². The van der Waals surface area contributed by atoms with Crippen LogP contribution in [0.25, 0.3) is 0 Å². The fourth-order valence-corrected chi connectivity index (χ4v) is 6.26. The van der Waals surface area contributed by atoms with E-state index >= 15 is 0 Å². The molecule has 0 N–H and O–H groups in total. The van der Waals surface area contributed by atoms with E-state index in [1.54, 1.807) is 0 Å². The summed E-state index contributed by atoms with van der Waals surface area (Å²) in [6.07, 6.45) is 0. The standard InChI is InChI=1S/C11H15NOSe2/c1-3-14-12(15-4-2)11(13)10-8-6-5-7-9-10/h5-9H,3-4H2,1-2H3. The number of carbonyl (C=O) groups excluding carboxylic acids is 1. The topological polar surface area (TPSA) is 20.3 Å². The summed E-state index contributed by atoms with van der Waals surface area (Å²) in [4.78, 5) is 12.1. The van der Waals surface area contributed by atoms with Gasteiger partial charge in [0.15, 0.2) is 0 Å². The number of carbonyl (C=O) groups is 1. The summed E-state index contributed by atoms with van der Waals surface area (Å²) >= 11 is 0.645. The SMILES string of the molecule is CC[Se]N([Se]CC)C(=O)c1ccccc1. The normalized spacial score (nSPS) is 10.0. The first-order chi connectivity index (χ1) is 7.29. The van der Waals surface area contributed by atoms with Crippen molar-refractivity contribution >= 4 is 36.3 Å². The first kappa shape index (κ1) is 12.8. The predicted octanol–water partition coefficient (Wildman–Crippen LogP) is 2.24. The maximum absolute atomic E-state index is 12.1. The van der Waals surface area contributed by atoms with Gasteiger partial charge in [-0.2, -0.15) is 0 Å². The van der Waals surface area contributed by atoms with Crippen molar-refractivity contribution < 1.29 is 4.79 Å². The molecule has 0 aromatic heterocycles. The van der Waals surface area contributed by atoms with Crippen LogP contribution in [0.3, 0.4) is 0 Å². The van der Waals surface area contributed by atoms with Crippen LogP contribution in [0, 0.1) is 0 Å². The van der Waals surface area contributed by atoms with Crippen LogP contribution < -0.4 is 0 Å². The zero-order valence-electron chi connectivity index (χ0n) is 8.97. The Bertz CT molecular complexity index is 297. The third kappa shape index (κ3) is 4.00. The van der Waals surface area contributed by atoms with Crippen molar-refractivity contribution in [3.63, 3.8) is 0 Å². The molecule has 0 saturated carbocycles. The van der Waals surface area contributed by atoms with Gasteiger partial charge in [-0.3, -0.25) is 0 Å². The van der Waals surface area contributed by atoms with Crippen LogP contribution in [-0.2, 0) is 0 Å². The third-order valence-electron chi connectivity index (χ3n) is 1.68. The second-order valence-electron chi connectivity index (χ2n) is 2.76. The van der Waals surface area contributed by atoms with E-state index < -0.39 is 0 Å². The molecule has 0 atom stereocenters. The minimum atomic E-state index is 0.208. The molecule has 1 rings (SSSR count). The molecule has 2 nitrogen and oxygen atoms in total. The number of nitrogens with zero attached hydrogens (tertiary/aromatic N) is 1. The van der Waals surface area contributed by atoms with Gasteiger partial charge in [0.25, 0.3) is 0 Å². The Morgan fingerprint density at radius 3 is 2.13 bits per heavy atom. The fourth-order valence-electron chi connectivity index (χ4n) is 1.08. The van der Waals surface area contributed by atoms with Crippen molar-refractivity contribution in [3.8, 4) is 0 Å². The van der Waals surface area contributed by atoms with Crippen molar-refractivity contribution in [3.05, 3.63) is 35.9 Å². The zero-order valence-corrected chi connectivity index (χ0v) is 12.4. The molecule has 0 aliphatic rings. The summed E-state index contributed by atoms with van der Waals surface area (Å²) in [5, 5.41) is 2.18. The van der Waals surface area contributed by atoms with Crippen LogP contribution in [-0.4, -0.2) is 39.2 Å². The summed E-state index contributed by atoms with van der Waals surface area (Å²) in [5.41, 5.74) is 0.822. The Morgan fingerprint density at radius 1 is 1.13 bits per heavy atom. The van der Waals surface area contributed by atoms with Gasteiger partial charge in [0.05, 0.1) is 0 Å². The van der Waals surface area contributed by atoms with Gasteiger partial charge in [0.2, 0.25) is 0 Å². The van der Waals surface area contributed by atoms with Crippen LogP contribution in [0.15, 0.2) is 30.3 Å². The molecule has 0 heterocycles. The number of amides is 1. The van der Waals surface area contributed by atoms with E-state index in [0.29, 0.717) is 30.3 Å². The van der Waals surface area contributed by atoms with Crippen LogP contribution >= 0.6 is 0 Å². The minimum absolute atomic E-state index is 0.208. The summed E-state index contributed by atoms with van der Waals surface area (Å²) in [5.74, 6) is 0.208. The van der Waals surface area contributed by atoms with Gasteiger partial charge in [0, 0.05) is 0 Å². The molecule has 1 amide bonds. The van der Waals surface area contributed by atoms with E-state index in [1.165, 1.54) is 0 Å². The van der Waals surface area contributed by atoms with E-state index in [9.17, 15) is 4.79 Å². The molecule has 4 heteroatoms. The van der Waals surface area contributed by atoms with E-state index in [4.69, 9.17) is 0 Å². The number of hydrogen-bond donors (Lipinski definition) is 0. The quantitative estimate of drug-likeness (QED) is 0.756. The van der Waals surface area contributed by atoms with Gasteiger partial charge in [0.1, 0.15) is 0 Å². The summed E-state index contributed by atoms with van der Waals surface area (Å²) in [7, 11) is 0. The summed E-state index contributed by atoms with van der Waals surface area (Å²) in [6, 6.07) is 9.57. The molecule has 0 radical (unpaired) electrons. The average molecular weight is 335 g/mol. The molecule has 82 valence electrons. The van der Waals surface area contributed by atoms with Gasteiger partial charge in [-0.05, 0) is 0 Å². The molecule has 0 unspecified atom stereocenters. The number of hydrogen-bond acceptors (Lipinski definition) is 1. The van der Waals surface area contributed by atoms with E-state index in [0.717, 1.165) is 16.2 Å². The van der Waals surface area contributed by atoms with E-state index in [1.807, 2.05) is 30.3 Å². The van der Waals surface area contributed by atoms with E-state index in [-0.39, 0.29) is 5.91 Å². The monoisotopic (exact) mass is 337 g/mol. The molecule has 1 aromatic rings. The molecular weight excluding hydrogens is 320 g/mol. The molecule has 0 aliphatic carbocycles. The summed E-state index contributed by atoms with van der Waals surface area (Å²) in [6.45, 7) is 4.27. The maximum atomic E-state index is 12.1. The predicted molar refractivity (Wildman–Crippen MR) is 65.1 cm³/mol. The second-order valence-corrected chi connectivity index (χ2v) is 8.97. The molecule has 0 spiro atoms. The molecule has 1 aromatic carbocycles. The second kappa shape index (κ2) is 7.08. The Morgan fingerprint density at radius 2 is 1.67 bits per heavy atom. The molecule has 0 bridgehead atoms. The molecule has 0 saturated heterocycles. The van der Waals surface area contributed by atoms with Gasteiger partial charge < -0.3 is 0 Å². The summed E-state index contributed by atoms with van der Waals surface area (Å²) < 4.78 is 2.05. The van der Waals surface area contributed by atoms with Gasteiger partial charge in [-0.1, -0.05) is 0 Å². The van der Waals surface area contributed by atoms with Crippen molar-refractivity contribution in [2.75, 3.05) is 0 Å². The Kier molecular flexibility index (Phi) is 6.04. The molecular formula is C11H15NOSe2. The molecule has 0 fully saturated rings. The Labute approximate surface area is 104 Å².